The molecule has 7 heteroatoms. The van der Waals surface area contributed by atoms with Gasteiger partial charge in [-0.05, 0) is 30.7 Å². The molecule has 1 aromatic carbocycles. The van der Waals surface area contributed by atoms with Gasteiger partial charge in [0.1, 0.15) is 5.75 Å². The van der Waals surface area contributed by atoms with E-state index in [0.29, 0.717) is 12.2 Å². The van der Waals surface area contributed by atoms with Gasteiger partial charge in [0.2, 0.25) is 0 Å². The van der Waals surface area contributed by atoms with Gasteiger partial charge in [0.25, 0.3) is 0 Å². The zero-order valence-electron chi connectivity index (χ0n) is 11.2. The number of unbranched alkanes of at least 4 members (excludes halogenated alkanes) is 2. The summed E-state index contributed by atoms with van der Waals surface area (Å²) in [6.07, 6.45) is -1.55. The highest BCUT2D eigenvalue weighted by molar-refractivity contribution is 5.92. The van der Waals surface area contributed by atoms with Crippen LogP contribution in [0.2, 0.25) is 0 Å². The molecule has 1 rings (SSSR count). The van der Waals surface area contributed by atoms with Crippen molar-refractivity contribution in [2.75, 3.05) is 11.9 Å². The minimum absolute atomic E-state index is 0.241. The number of ether oxygens (including phenoxy) is 1. The molecule has 0 amide bonds. The number of nitrogens with two attached hydrogens (primary N) is 1. The fourth-order valence-corrected chi connectivity index (χ4v) is 1.49. The number of nitrogens with one attached hydrogen (secondary N) is 1. The number of aliphatic imine (C=N–C) groups is 1. The largest absolute Gasteiger partial charge is 0.573 e. The maximum absolute atomic E-state index is 12.0. The van der Waals surface area contributed by atoms with Crippen LogP contribution in [-0.4, -0.2) is 18.9 Å². The lowest BCUT2D eigenvalue weighted by atomic mass is 10.2. The third-order valence-corrected chi connectivity index (χ3v) is 2.40. The van der Waals surface area contributed by atoms with E-state index in [1.165, 1.54) is 24.3 Å². The lowest BCUT2D eigenvalue weighted by molar-refractivity contribution is -0.274. The Morgan fingerprint density at radius 3 is 2.45 bits per heavy atom. The van der Waals surface area contributed by atoms with Crippen LogP contribution in [0.1, 0.15) is 26.2 Å². The van der Waals surface area contributed by atoms with Crippen LogP contribution >= 0.6 is 0 Å². The minimum atomic E-state index is -4.69. The summed E-state index contributed by atoms with van der Waals surface area (Å²) in [5.74, 6) is -0.0351. The quantitative estimate of drug-likeness (QED) is 0.478. The van der Waals surface area contributed by atoms with Crippen molar-refractivity contribution in [3.8, 4) is 5.75 Å². The highest BCUT2D eigenvalue weighted by Gasteiger charge is 2.30. The molecule has 0 unspecified atom stereocenters. The second-order valence-corrected chi connectivity index (χ2v) is 4.17. The molecule has 0 aliphatic rings. The number of nitrogens with zero attached hydrogens (tertiary/aromatic N) is 1. The third kappa shape index (κ3) is 6.86. The summed E-state index contributed by atoms with van der Waals surface area (Å²) >= 11 is 0. The molecule has 3 N–H and O–H groups in total. The molecule has 0 atom stereocenters. The van der Waals surface area contributed by atoms with Crippen molar-refractivity contribution in [2.24, 2.45) is 10.7 Å². The van der Waals surface area contributed by atoms with Gasteiger partial charge < -0.3 is 15.8 Å². The summed E-state index contributed by atoms with van der Waals surface area (Å²) in [5.41, 5.74) is 6.21. The smallest absolute Gasteiger partial charge is 0.406 e. The van der Waals surface area contributed by atoms with E-state index in [-0.39, 0.29) is 11.7 Å². The Bertz CT molecular complexity index is 429. The van der Waals surface area contributed by atoms with Crippen LogP contribution in [0.5, 0.6) is 5.75 Å². The van der Waals surface area contributed by atoms with Gasteiger partial charge in [-0.25, -0.2) is 0 Å². The van der Waals surface area contributed by atoms with Gasteiger partial charge in [0.05, 0.1) is 0 Å². The predicted molar refractivity (Wildman–Crippen MR) is 72.8 cm³/mol. The Kier molecular flexibility index (Phi) is 6.14. The van der Waals surface area contributed by atoms with Crippen molar-refractivity contribution in [1.29, 1.82) is 0 Å². The molecule has 0 bridgehead atoms. The van der Waals surface area contributed by atoms with E-state index >= 15 is 0 Å². The van der Waals surface area contributed by atoms with E-state index in [2.05, 4.69) is 22.0 Å². The second kappa shape index (κ2) is 7.62. The van der Waals surface area contributed by atoms with Crippen molar-refractivity contribution in [3.63, 3.8) is 0 Å². The Labute approximate surface area is 115 Å². The van der Waals surface area contributed by atoms with E-state index in [1.807, 2.05) is 0 Å². The minimum Gasteiger partial charge on any atom is -0.406 e. The van der Waals surface area contributed by atoms with E-state index in [4.69, 9.17) is 5.73 Å². The Morgan fingerprint density at radius 2 is 1.90 bits per heavy atom. The highest BCUT2D eigenvalue weighted by Crippen LogP contribution is 2.23. The van der Waals surface area contributed by atoms with Gasteiger partial charge in [0, 0.05) is 12.2 Å². The average Bonchev–Trinajstić information content (AvgIpc) is 2.35. The van der Waals surface area contributed by atoms with E-state index in [1.54, 1.807) is 0 Å². The van der Waals surface area contributed by atoms with Crippen LogP contribution in [0.25, 0.3) is 0 Å². The SMILES string of the molecule is CCCCCN=C(N)Nc1ccc(OC(F)(F)F)cc1. The summed E-state index contributed by atoms with van der Waals surface area (Å²) in [6, 6.07) is 5.30. The lowest BCUT2D eigenvalue weighted by Crippen LogP contribution is -2.23. The summed E-state index contributed by atoms with van der Waals surface area (Å²) in [6.45, 7) is 2.72. The Hall–Kier alpha value is -1.92. The molecular formula is C13H18F3N3O. The van der Waals surface area contributed by atoms with Gasteiger partial charge in [-0.15, -0.1) is 13.2 Å². The van der Waals surface area contributed by atoms with Gasteiger partial charge >= 0.3 is 6.36 Å². The number of anilines is 1. The first kappa shape index (κ1) is 16.1. The Balaban J connectivity index is 2.48. The fraction of sp³-hybridized carbons (Fsp3) is 0.462. The molecule has 0 aliphatic heterocycles. The normalized spacial score (nSPS) is 12.3. The lowest BCUT2D eigenvalue weighted by Gasteiger charge is -2.10. The number of hydrogen-bond donors (Lipinski definition) is 2. The van der Waals surface area contributed by atoms with E-state index in [9.17, 15) is 13.2 Å². The van der Waals surface area contributed by atoms with Gasteiger partial charge in [-0.3, -0.25) is 4.99 Å². The van der Waals surface area contributed by atoms with Crippen molar-refractivity contribution in [1.82, 2.24) is 0 Å². The van der Waals surface area contributed by atoms with Crippen molar-refractivity contribution < 1.29 is 17.9 Å². The fourth-order valence-electron chi connectivity index (χ4n) is 1.49. The molecule has 0 fully saturated rings. The topological polar surface area (TPSA) is 59.6 Å². The molecule has 0 aromatic heterocycles. The predicted octanol–water partition coefficient (Wildman–Crippen LogP) is 3.50. The van der Waals surface area contributed by atoms with Crippen molar-refractivity contribution in [3.05, 3.63) is 24.3 Å². The first-order valence-corrected chi connectivity index (χ1v) is 6.33. The maximum Gasteiger partial charge on any atom is 0.573 e. The van der Waals surface area contributed by atoms with Crippen LogP contribution in [0, 0.1) is 0 Å². The van der Waals surface area contributed by atoms with E-state index in [0.717, 1.165) is 19.3 Å². The molecule has 0 saturated carbocycles. The molecule has 0 spiro atoms. The number of benzene rings is 1. The number of rotatable bonds is 6. The number of alkyl halides is 3. The maximum atomic E-state index is 12.0. The average molecular weight is 289 g/mol. The first-order valence-electron chi connectivity index (χ1n) is 6.33. The zero-order chi connectivity index (χ0) is 15.0. The molecule has 20 heavy (non-hydrogen) atoms. The monoisotopic (exact) mass is 289 g/mol. The molecule has 0 radical (unpaired) electrons. The zero-order valence-corrected chi connectivity index (χ0v) is 11.2. The number of halogens is 3. The standard InChI is InChI=1S/C13H18F3N3O/c1-2-3-4-9-18-12(17)19-10-5-7-11(8-6-10)20-13(14,15)16/h5-8H,2-4,9H2,1H3,(H3,17,18,19). The van der Waals surface area contributed by atoms with Crippen LogP contribution < -0.4 is 15.8 Å². The molecular weight excluding hydrogens is 271 g/mol. The van der Waals surface area contributed by atoms with E-state index < -0.39 is 6.36 Å². The summed E-state index contributed by atoms with van der Waals surface area (Å²) in [5, 5.41) is 2.80. The molecule has 112 valence electrons. The molecule has 0 aliphatic carbocycles. The summed E-state index contributed by atoms with van der Waals surface area (Å²) in [7, 11) is 0. The van der Waals surface area contributed by atoms with Crippen LogP contribution in [-0.2, 0) is 0 Å². The van der Waals surface area contributed by atoms with Crippen LogP contribution in [0.3, 0.4) is 0 Å². The van der Waals surface area contributed by atoms with Gasteiger partial charge in [-0.2, -0.15) is 0 Å². The molecule has 4 nitrogen and oxygen atoms in total. The van der Waals surface area contributed by atoms with Gasteiger partial charge in [0.15, 0.2) is 5.96 Å². The first-order chi connectivity index (χ1) is 9.40. The molecule has 0 heterocycles. The van der Waals surface area contributed by atoms with Crippen LogP contribution in [0.4, 0.5) is 18.9 Å². The molecule has 1 aromatic rings. The summed E-state index contributed by atoms with van der Waals surface area (Å²) in [4.78, 5) is 4.11. The number of guanidine groups is 1. The Morgan fingerprint density at radius 1 is 1.25 bits per heavy atom. The molecule has 0 saturated heterocycles. The van der Waals surface area contributed by atoms with Crippen molar-refractivity contribution >= 4 is 11.6 Å². The van der Waals surface area contributed by atoms with Gasteiger partial charge in [-0.1, -0.05) is 19.8 Å². The summed E-state index contributed by atoms with van der Waals surface area (Å²) < 4.78 is 39.7. The second-order valence-electron chi connectivity index (χ2n) is 4.17. The number of hydrogen-bond acceptors (Lipinski definition) is 2. The third-order valence-electron chi connectivity index (χ3n) is 2.40. The van der Waals surface area contributed by atoms with Crippen molar-refractivity contribution in [2.45, 2.75) is 32.5 Å². The highest BCUT2D eigenvalue weighted by atomic mass is 19.4. The van der Waals surface area contributed by atoms with Crippen LogP contribution in [0.15, 0.2) is 29.3 Å².